The number of hydrogen-bond acceptors (Lipinski definition) is 1. The van der Waals surface area contributed by atoms with E-state index in [1.807, 2.05) is 0 Å². The van der Waals surface area contributed by atoms with Crippen molar-refractivity contribution in [3.05, 3.63) is 292 Å². The summed E-state index contributed by atoms with van der Waals surface area (Å²) in [5.41, 5.74) is 26.3. The van der Waals surface area contributed by atoms with Crippen LogP contribution >= 0.6 is 0 Å². The smallest absolute Gasteiger partial charge is 0.0720 e. The Hall–Kier alpha value is -8.00. The second-order valence-corrected chi connectivity index (χ2v) is 19.1. The first-order valence-electron chi connectivity index (χ1n) is 23.3. The highest BCUT2D eigenvalue weighted by molar-refractivity contribution is 5.95. The minimum atomic E-state index is -0.530. The van der Waals surface area contributed by atoms with Crippen LogP contribution in [0, 0.1) is 0 Å². The molecule has 0 aromatic heterocycles. The second kappa shape index (κ2) is 13.5. The third-order valence-corrected chi connectivity index (χ3v) is 15.8. The van der Waals surface area contributed by atoms with Crippen LogP contribution in [0.1, 0.15) is 69.5 Å². The largest absolute Gasteiger partial charge is 0.310 e. The fraction of sp³-hybridized carbons (Fsp3) is 0.0769. The molecule has 0 bridgehead atoms. The maximum Gasteiger partial charge on any atom is 0.0720 e. The number of anilines is 3. The first kappa shape index (κ1) is 37.4. The Bertz CT molecular complexity index is 3530. The third-order valence-electron chi connectivity index (χ3n) is 15.8. The average molecular weight is 840 g/mol. The van der Waals surface area contributed by atoms with Crippen molar-refractivity contribution in [1.82, 2.24) is 0 Å². The molecule has 0 unspecified atom stereocenters. The Morgan fingerprint density at radius 3 is 1.12 bits per heavy atom. The molecule has 310 valence electrons. The summed E-state index contributed by atoms with van der Waals surface area (Å²) in [6, 6.07) is 89.4. The van der Waals surface area contributed by atoms with Crippen molar-refractivity contribution in [2.45, 2.75) is 30.1 Å². The molecule has 0 saturated heterocycles. The van der Waals surface area contributed by atoms with Gasteiger partial charge in [0.1, 0.15) is 0 Å². The van der Waals surface area contributed by atoms with Crippen molar-refractivity contribution in [1.29, 1.82) is 0 Å². The Morgan fingerprint density at radius 2 is 0.591 bits per heavy atom. The number of rotatable bonds is 4. The van der Waals surface area contributed by atoms with Crippen LogP contribution < -0.4 is 4.90 Å². The van der Waals surface area contributed by atoms with E-state index >= 15 is 0 Å². The van der Waals surface area contributed by atoms with Crippen LogP contribution in [0.3, 0.4) is 0 Å². The van der Waals surface area contributed by atoms with Gasteiger partial charge in [-0.15, -0.1) is 0 Å². The van der Waals surface area contributed by atoms with E-state index in [1.54, 1.807) is 0 Å². The van der Waals surface area contributed by atoms with Crippen molar-refractivity contribution in [2.75, 3.05) is 4.90 Å². The minimum absolute atomic E-state index is 0.0925. The number of nitrogens with zero attached hydrogens (tertiary/aromatic N) is 1. The molecule has 0 N–H and O–H groups in total. The van der Waals surface area contributed by atoms with E-state index in [0.717, 1.165) is 17.1 Å². The van der Waals surface area contributed by atoms with Crippen molar-refractivity contribution in [3.8, 4) is 44.5 Å². The van der Waals surface area contributed by atoms with Gasteiger partial charge in [0.05, 0.1) is 10.8 Å². The van der Waals surface area contributed by atoms with Crippen LogP contribution in [0.4, 0.5) is 17.1 Å². The molecule has 1 nitrogen and oxygen atoms in total. The molecule has 0 amide bonds. The van der Waals surface area contributed by atoms with Crippen molar-refractivity contribution in [2.24, 2.45) is 0 Å². The Labute approximate surface area is 387 Å². The lowest BCUT2D eigenvalue weighted by molar-refractivity contribution is 0.633. The third kappa shape index (κ3) is 4.69. The molecule has 10 aromatic carbocycles. The van der Waals surface area contributed by atoms with Gasteiger partial charge in [-0.05, 0) is 143 Å². The maximum absolute atomic E-state index is 2.52. The molecule has 10 aromatic rings. The molecule has 0 heterocycles. The molecular formula is C65H45N. The molecule has 14 rings (SSSR count). The molecule has 4 aliphatic rings. The summed E-state index contributed by atoms with van der Waals surface area (Å²) in [5, 5.41) is 0. The second-order valence-electron chi connectivity index (χ2n) is 19.1. The summed E-state index contributed by atoms with van der Waals surface area (Å²) >= 11 is 0. The summed E-state index contributed by atoms with van der Waals surface area (Å²) in [6.07, 6.45) is 0. The normalized spacial score (nSPS) is 15.2. The van der Waals surface area contributed by atoms with Gasteiger partial charge in [-0.3, -0.25) is 0 Å². The van der Waals surface area contributed by atoms with Gasteiger partial charge >= 0.3 is 0 Å². The van der Waals surface area contributed by atoms with Crippen LogP contribution in [0.25, 0.3) is 44.5 Å². The first-order chi connectivity index (χ1) is 32.5. The van der Waals surface area contributed by atoms with E-state index in [-0.39, 0.29) is 5.41 Å². The molecule has 66 heavy (non-hydrogen) atoms. The molecule has 0 fully saturated rings. The maximum atomic E-state index is 2.52. The average Bonchev–Trinajstić information content (AvgIpc) is 3.93. The van der Waals surface area contributed by atoms with Gasteiger partial charge < -0.3 is 4.90 Å². The van der Waals surface area contributed by atoms with E-state index in [2.05, 4.69) is 255 Å². The van der Waals surface area contributed by atoms with Crippen LogP contribution in [-0.4, -0.2) is 0 Å². The zero-order valence-electron chi connectivity index (χ0n) is 37.0. The minimum Gasteiger partial charge on any atom is -0.310 e. The van der Waals surface area contributed by atoms with E-state index in [9.17, 15) is 0 Å². The molecule has 0 atom stereocenters. The number of para-hydroxylation sites is 1. The summed E-state index contributed by atoms with van der Waals surface area (Å²) in [4.78, 5) is 2.41. The quantitative estimate of drug-likeness (QED) is 0.171. The molecule has 1 heteroatoms. The summed E-state index contributed by atoms with van der Waals surface area (Å²) < 4.78 is 0. The zero-order valence-corrected chi connectivity index (χ0v) is 37.0. The van der Waals surface area contributed by atoms with Crippen molar-refractivity contribution < 1.29 is 0 Å². The topological polar surface area (TPSA) is 3.24 Å². The monoisotopic (exact) mass is 839 g/mol. The first-order valence-corrected chi connectivity index (χ1v) is 23.3. The van der Waals surface area contributed by atoms with Crippen LogP contribution in [-0.2, 0) is 16.2 Å². The molecule has 2 spiro atoms. The molecule has 4 aliphatic carbocycles. The van der Waals surface area contributed by atoms with Gasteiger partial charge in [0.25, 0.3) is 0 Å². The van der Waals surface area contributed by atoms with E-state index in [4.69, 9.17) is 0 Å². The SMILES string of the molecule is CC1(C)c2ccccc2-c2ccc(N(c3ccccc3)c3ccc(-c4ccc5c(c4)C4(c6ccccc6-5)c5ccccc5C5(c6ccccc6-c6ccccc65)c5ccccc54)cc3)cc21. The number of benzene rings is 10. The predicted molar refractivity (Wildman–Crippen MR) is 272 cm³/mol. The van der Waals surface area contributed by atoms with Gasteiger partial charge in [-0.2, -0.15) is 0 Å². The lowest BCUT2D eigenvalue weighted by Gasteiger charge is -2.48. The van der Waals surface area contributed by atoms with Gasteiger partial charge in [0.2, 0.25) is 0 Å². The highest BCUT2D eigenvalue weighted by Gasteiger charge is 2.58. The molecular weight excluding hydrogens is 795 g/mol. The van der Waals surface area contributed by atoms with Gasteiger partial charge in [0.15, 0.2) is 0 Å². The van der Waals surface area contributed by atoms with Crippen LogP contribution in [0.2, 0.25) is 0 Å². The van der Waals surface area contributed by atoms with Gasteiger partial charge in [-0.1, -0.05) is 208 Å². The van der Waals surface area contributed by atoms with Gasteiger partial charge in [0, 0.05) is 22.5 Å². The highest BCUT2D eigenvalue weighted by atomic mass is 15.1. The number of hydrogen-bond donors (Lipinski definition) is 0. The van der Waals surface area contributed by atoms with E-state index in [0.29, 0.717) is 0 Å². The fourth-order valence-electron chi connectivity index (χ4n) is 13.1. The standard InChI is InChI=1S/C65H45N/c1-63(2)53-24-10-6-20-47(53)51-39-37-46(41-61(51)63)66(44-18-4-3-5-19-44)45-35-32-42(33-36-45)43-34-38-52-50-23-9-13-27-56(50)65(62(52)40-43)59-30-16-14-28-57(59)64(58-29-15-17-31-60(58)65)54-25-11-7-21-48(54)49-22-8-12-26-55(49)64/h3-41H,1-2H3. The van der Waals surface area contributed by atoms with Crippen LogP contribution in [0.5, 0.6) is 0 Å². The Balaban J connectivity index is 0.941. The summed E-state index contributed by atoms with van der Waals surface area (Å²) in [6.45, 7) is 4.72. The van der Waals surface area contributed by atoms with Crippen molar-refractivity contribution in [3.63, 3.8) is 0 Å². The Kier molecular flexibility index (Phi) is 7.66. The molecule has 0 aliphatic heterocycles. The zero-order chi connectivity index (χ0) is 43.8. The molecule has 0 radical (unpaired) electrons. The molecule has 0 saturated carbocycles. The predicted octanol–water partition coefficient (Wildman–Crippen LogP) is 16.2. The lowest BCUT2D eigenvalue weighted by atomic mass is 9.52. The van der Waals surface area contributed by atoms with E-state index < -0.39 is 10.8 Å². The van der Waals surface area contributed by atoms with E-state index in [1.165, 1.54) is 100 Å². The fourth-order valence-corrected chi connectivity index (χ4v) is 13.1. The van der Waals surface area contributed by atoms with Crippen molar-refractivity contribution >= 4 is 17.1 Å². The van der Waals surface area contributed by atoms with Crippen LogP contribution in [0.15, 0.2) is 237 Å². The summed E-state index contributed by atoms with van der Waals surface area (Å²) in [7, 11) is 0. The lowest BCUT2D eigenvalue weighted by Crippen LogP contribution is -2.43. The Morgan fingerprint density at radius 1 is 0.242 bits per heavy atom. The highest BCUT2D eigenvalue weighted by Crippen LogP contribution is 2.67. The van der Waals surface area contributed by atoms with Gasteiger partial charge in [-0.25, -0.2) is 0 Å². The number of fused-ring (bicyclic) bond motifs is 19. The summed E-state index contributed by atoms with van der Waals surface area (Å²) in [5.74, 6) is 0.